The van der Waals surface area contributed by atoms with Crippen LogP contribution in [0.4, 0.5) is 0 Å². The average molecular weight is 295 g/mol. The Balaban J connectivity index is 2.33. The molecular weight excluding hydrogens is 280 g/mol. The van der Waals surface area contributed by atoms with Crippen molar-refractivity contribution in [3.8, 4) is 5.75 Å². The van der Waals surface area contributed by atoms with Crippen LogP contribution in [0.25, 0.3) is 11.0 Å². The van der Waals surface area contributed by atoms with E-state index < -0.39 is 5.97 Å². The normalized spacial score (nSPS) is 16.0. The van der Waals surface area contributed by atoms with Gasteiger partial charge in [-0.2, -0.15) is 0 Å². The zero-order valence-corrected chi connectivity index (χ0v) is 12.3. The van der Waals surface area contributed by atoms with E-state index in [4.69, 9.17) is 21.1 Å². The number of aromatic nitrogens is 2. The second kappa shape index (κ2) is 4.38. The lowest BCUT2D eigenvalue weighted by Gasteiger charge is -2.33. The van der Waals surface area contributed by atoms with E-state index in [0.717, 1.165) is 11.3 Å². The SMILES string of the molecule is COC(=O)c1cc2c3c(c1)nc(CCl)n3C(C)(C)CO2. The molecule has 0 spiro atoms. The van der Waals surface area contributed by atoms with Gasteiger partial charge in [-0.05, 0) is 26.0 Å². The molecule has 1 aromatic heterocycles. The fourth-order valence-corrected chi connectivity index (χ4v) is 2.81. The van der Waals surface area contributed by atoms with Crippen molar-refractivity contribution in [2.24, 2.45) is 0 Å². The third-order valence-electron chi connectivity index (χ3n) is 3.51. The fourth-order valence-electron chi connectivity index (χ4n) is 2.63. The van der Waals surface area contributed by atoms with Crippen molar-refractivity contribution in [3.63, 3.8) is 0 Å². The fraction of sp³-hybridized carbons (Fsp3) is 0.429. The van der Waals surface area contributed by atoms with Crippen LogP contribution in [-0.2, 0) is 16.2 Å². The zero-order chi connectivity index (χ0) is 14.5. The van der Waals surface area contributed by atoms with Gasteiger partial charge in [0.05, 0.1) is 29.6 Å². The van der Waals surface area contributed by atoms with Crippen LogP contribution in [0, 0.1) is 0 Å². The number of hydrogen-bond acceptors (Lipinski definition) is 4. The minimum absolute atomic E-state index is 0.223. The Morgan fingerprint density at radius 3 is 2.95 bits per heavy atom. The van der Waals surface area contributed by atoms with Gasteiger partial charge in [-0.25, -0.2) is 9.78 Å². The van der Waals surface area contributed by atoms with Crippen molar-refractivity contribution in [2.75, 3.05) is 13.7 Å². The second-order valence-electron chi connectivity index (χ2n) is 5.43. The Bertz CT molecular complexity index is 706. The van der Waals surface area contributed by atoms with Crippen molar-refractivity contribution in [1.29, 1.82) is 0 Å². The number of halogens is 1. The van der Waals surface area contributed by atoms with Crippen LogP contribution >= 0.6 is 11.6 Å². The highest BCUT2D eigenvalue weighted by molar-refractivity contribution is 6.17. The highest BCUT2D eigenvalue weighted by Crippen LogP contribution is 2.38. The summed E-state index contributed by atoms with van der Waals surface area (Å²) in [5.74, 6) is 1.33. The first-order chi connectivity index (χ1) is 9.47. The predicted molar refractivity (Wildman–Crippen MR) is 75.4 cm³/mol. The van der Waals surface area contributed by atoms with Gasteiger partial charge >= 0.3 is 5.97 Å². The van der Waals surface area contributed by atoms with E-state index in [-0.39, 0.29) is 5.54 Å². The molecule has 1 aliphatic rings. The summed E-state index contributed by atoms with van der Waals surface area (Å²) in [4.78, 5) is 16.2. The Morgan fingerprint density at radius 1 is 1.55 bits per heavy atom. The standard InChI is InChI=1S/C14H15ClN2O3/c1-14(2)7-20-10-5-8(13(18)19-3)4-9-12(10)17(14)11(6-15)16-9/h4-5H,6-7H2,1-3H3. The Kier molecular flexibility index (Phi) is 2.90. The molecule has 0 fully saturated rings. The molecule has 1 aromatic carbocycles. The van der Waals surface area contributed by atoms with Crippen LogP contribution in [-0.4, -0.2) is 29.2 Å². The topological polar surface area (TPSA) is 53.3 Å². The maximum absolute atomic E-state index is 11.7. The average Bonchev–Trinajstić information content (AvgIpc) is 2.82. The smallest absolute Gasteiger partial charge is 0.338 e. The molecule has 0 saturated heterocycles. The first kappa shape index (κ1) is 13.2. The first-order valence-corrected chi connectivity index (χ1v) is 6.84. The number of carbonyl (C=O) groups is 1. The van der Waals surface area contributed by atoms with Crippen molar-refractivity contribution in [1.82, 2.24) is 9.55 Å². The van der Waals surface area contributed by atoms with Crippen molar-refractivity contribution < 1.29 is 14.3 Å². The molecule has 0 aliphatic carbocycles. The van der Waals surface area contributed by atoms with Gasteiger partial charge in [0.2, 0.25) is 0 Å². The van der Waals surface area contributed by atoms with E-state index >= 15 is 0 Å². The minimum Gasteiger partial charge on any atom is -0.489 e. The molecule has 20 heavy (non-hydrogen) atoms. The number of hydrogen-bond donors (Lipinski definition) is 0. The van der Waals surface area contributed by atoms with Crippen LogP contribution in [0.15, 0.2) is 12.1 Å². The summed E-state index contributed by atoms with van der Waals surface area (Å²) in [6, 6.07) is 3.40. The molecule has 6 heteroatoms. The van der Waals surface area contributed by atoms with Gasteiger partial charge in [0, 0.05) is 0 Å². The van der Waals surface area contributed by atoms with Crippen LogP contribution in [0.3, 0.4) is 0 Å². The number of nitrogens with zero attached hydrogens (tertiary/aromatic N) is 2. The summed E-state index contributed by atoms with van der Waals surface area (Å²) in [7, 11) is 1.35. The van der Waals surface area contributed by atoms with Gasteiger partial charge in [0.15, 0.2) is 0 Å². The van der Waals surface area contributed by atoms with E-state index in [0.29, 0.717) is 29.3 Å². The Hall–Kier alpha value is -1.75. The number of alkyl halides is 1. The van der Waals surface area contributed by atoms with Gasteiger partial charge in [0.25, 0.3) is 0 Å². The van der Waals surface area contributed by atoms with Crippen LogP contribution in [0.5, 0.6) is 5.75 Å². The largest absolute Gasteiger partial charge is 0.489 e. The third kappa shape index (κ3) is 1.77. The maximum Gasteiger partial charge on any atom is 0.338 e. The third-order valence-corrected chi connectivity index (χ3v) is 3.75. The molecule has 1 aliphatic heterocycles. The molecule has 5 nitrogen and oxygen atoms in total. The molecule has 2 heterocycles. The number of imidazole rings is 1. The first-order valence-electron chi connectivity index (χ1n) is 6.31. The van der Waals surface area contributed by atoms with Gasteiger partial charge in [-0.15, -0.1) is 11.6 Å². The number of carbonyl (C=O) groups excluding carboxylic acids is 1. The summed E-state index contributed by atoms with van der Waals surface area (Å²) in [5.41, 5.74) is 1.79. The molecule has 0 atom stereocenters. The van der Waals surface area contributed by atoms with Crippen molar-refractivity contribution in [3.05, 3.63) is 23.5 Å². The van der Waals surface area contributed by atoms with E-state index in [1.54, 1.807) is 12.1 Å². The zero-order valence-electron chi connectivity index (χ0n) is 11.6. The minimum atomic E-state index is -0.404. The van der Waals surface area contributed by atoms with E-state index in [1.165, 1.54) is 7.11 Å². The molecule has 3 rings (SSSR count). The Labute approximate surface area is 121 Å². The number of esters is 1. The Morgan fingerprint density at radius 2 is 2.30 bits per heavy atom. The molecule has 0 bridgehead atoms. The molecule has 0 unspecified atom stereocenters. The van der Waals surface area contributed by atoms with E-state index in [9.17, 15) is 4.79 Å². The lowest BCUT2D eigenvalue weighted by Crippen LogP contribution is -2.37. The quantitative estimate of drug-likeness (QED) is 0.631. The molecule has 2 aromatic rings. The molecule has 0 amide bonds. The van der Waals surface area contributed by atoms with E-state index in [2.05, 4.69) is 23.4 Å². The lowest BCUT2D eigenvalue weighted by atomic mass is 10.0. The number of rotatable bonds is 2. The number of benzene rings is 1. The monoisotopic (exact) mass is 294 g/mol. The van der Waals surface area contributed by atoms with Crippen molar-refractivity contribution >= 4 is 28.6 Å². The maximum atomic E-state index is 11.7. The number of methoxy groups -OCH3 is 1. The highest BCUT2D eigenvalue weighted by atomic mass is 35.5. The number of ether oxygens (including phenoxy) is 2. The highest BCUT2D eigenvalue weighted by Gasteiger charge is 2.33. The summed E-state index contributed by atoms with van der Waals surface area (Å²) in [6.07, 6.45) is 0. The molecule has 106 valence electrons. The van der Waals surface area contributed by atoms with Crippen LogP contribution < -0.4 is 4.74 Å². The second-order valence-corrected chi connectivity index (χ2v) is 5.70. The summed E-state index contributed by atoms with van der Waals surface area (Å²) >= 11 is 6.00. The molecular formula is C14H15ClN2O3. The van der Waals surface area contributed by atoms with Gasteiger partial charge in [-0.3, -0.25) is 0 Å². The molecule has 0 radical (unpaired) electrons. The summed E-state index contributed by atoms with van der Waals surface area (Å²) in [5, 5.41) is 0. The van der Waals surface area contributed by atoms with Gasteiger partial charge < -0.3 is 14.0 Å². The van der Waals surface area contributed by atoms with Gasteiger partial charge in [-0.1, -0.05) is 0 Å². The summed E-state index contributed by atoms with van der Waals surface area (Å²) < 4.78 is 12.6. The van der Waals surface area contributed by atoms with Crippen LogP contribution in [0.2, 0.25) is 0 Å². The summed E-state index contributed by atoms with van der Waals surface area (Å²) in [6.45, 7) is 4.64. The predicted octanol–water partition coefficient (Wildman–Crippen LogP) is 2.69. The lowest BCUT2D eigenvalue weighted by molar-refractivity contribution is 0.0600. The van der Waals surface area contributed by atoms with Crippen LogP contribution in [0.1, 0.15) is 30.0 Å². The molecule has 0 N–H and O–H groups in total. The van der Waals surface area contributed by atoms with Crippen molar-refractivity contribution in [2.45, 2.75) is 25.3 Å². The van der Waals surface area contributed by atoms with Gasteiger partial charge in [0.1, 0.15) is 23.7 Å². The molecule has 0 saturated carbocycles. The van der Waals surface area contributed by atoms with E-state index in [1.807, 2.05) is 0 Å².